The topological polar surface area (TPSA) is 132 Å². The van der Waals surface area contributed by atoms with Crippen molar-refractivity contribution in [2.75, 3.05) is 33.0 Å². The maximum atomic E-state index is 12.6. The largest absolute Gasteiger partial charge is 0.472 e. The number of hydrogen-bond acceptors (Lipinski definition) is 8. The lowest BCUT2D eigenvalue weighted by Gasteiger charge is -2.20. The van der Waals surface area contributed by atoms with E-state index in [4.69, 9.17) is 23.6 Å². The van der Waals surface area contributed by atoms with Crippen molar-refractivity contribution >= 4 is 13.8 Å². The normalized spacial score (nSPS) is 15.1. The molecule has 288 valence electrons. The van der Waals surface area contributed by atoms with E-state index in [1.807, 2.05) is 0 Å². The average molecular weight is 725 g/mol. The predicted molar refractivity (Wildman–Crippen MR) is 205 cm³/mol. The Kier molecular flexibility index (Phi) is 35.1. The molecular weight excluding hydrogens is 655 g/mol. The molecule has 3 N–H and O–H groups in total. The highest BCUT2D eigenvalue weighted by Crippen LogP contribution is 2.43. The van der Waals surface area contributed by atoms with Crippen molar-refractivity contribution in [2.45, 2.75) is 142 Å². The molecule has 9 nitrogen and oxygen atoms in total. The molecule has 0 fully saturated rings. The average Bonchev–Trinajstić information content (AvgIpc) is 3.10. The molecule has 0 aromatic rings. The minimum atomic E-state index is -4.53. The number of carbonyl (C=O) groups excluding carboxylic acids is 1. The van der Waals surface area contributed by atoms with Gasteiger partial charge >= 0.3 is 13.8 Å². The second-order valence-electron chi connectivity index (χ2n) is 12.2. The van der Waals surface area contributed by atoms with E-state index >= 15 is 0 Å². The third-order valence-corrected chi connectivity index (χ3v) is 8.34. The van der Waals surface area contributed by atoms with Crippen LogP contribution in [-0.2, 0) is 27.9 Å². The van der Waals surface area contributed by atoms with Crippen molar-refractivity contribution in [1.29, 1.82) is 0 Å². The summed E-state index contributed by atoms with van der Waals surface area (Å²) < 4.78 is 33.2. The van der Waals surface area contributed by atoms with Crippen molar-refractivity contribution in [3.63, 3.8) is 0 Å². The van der Waals surface area contributed by atoms with E-state index in [0.717, 1.165) is 103 Å². The number of phosphoric ester groups is 1. The maximum Gasteiger partial charge on any atom is 0.472 e. The summed E-state index contributed by atoms with van der Waals surface area (Å²) in [7, 11) is -4.53. The Labute approximate surface area is 303 Å². The molecule has 0 saturated heterocycles. The molecule has 0 aliphatic heterocycles. The van der Waals surface area contributed by atoms with Crippen molar-refractivity contribution in [3.8, 4) is 0 Å². The number of ether oxygens (including phenoxy) is 2. The fraction of sp³-hybridized carbons (Fsp3) is 0.675. The van der Waals surface area contributed by atoms with Crippen LogP contribution in [0, 0.1) is 0 Å². The third-order valence-electron chi connectivity index (χ3n) is 7.39. The Morgan fingerprint density at radius 3 is 1.62 bits per heavy atom. The van der Waals surface area contributed by atoms with E-state index in [0.29, 0.717) is 13.0 Å². The second kappa shape index (κ2) is 36.7. The number of unbranched alkanes of at least 4 members (excludes halogenated alkanes) is 9. The van der Waals surface area contributed by atoms with E-state index < -0.39 is 45.8 Å². The highest BCUT2D eigenvalue weighted by molar-refractivity contribution is 7.47. The molecule has 3 atom stereocenters. The Bertz CT molecular complexity index is 1000. The van der Waals surface area contributed by atoms with Crippen LogP contribution in [0.4, 0.5) is 0 Å². The zero-order chi connectivity index (χ0) is 36.8. The van der Waals surface area contributed by atoms with Gasteiger partial charge in [0.25, 0.3) is 0 Å². The quantitative estimate of drug-likeness (QED) is 0.0253. The first-order chi connectivity index (χ1) is 24.3. The van der Waals surface area contributed by atoms with Gasteiger partial charge in [0.1, 0.15) is 12.2 Å². The molecular formula is C40H69O9P. The van der Waals surface area contributed by atoms with Gasteiger partial charge in [-0.05, 0) is 77.0 Å². The molecule has 0 aromatic carbocycles. The molecule has 0 spiro atoms. The van der Waals surface area contributed by atoms with Crippen LogP contribution < -0.4 is 0 Å². The SMILES string of the molecule is CC/C=C\C/C=C\C/C=C\CCCCCCCC(=O)OC(COCCCCCC/C=C\C/C=C\C/C=C\CC)COP(=O)(O)OCC(O)CO. The summed E-state index contributed by atoms with van der Waals surface area (Å²) in [5.41, 5.74) is 0. The highest BCUT2D eigenvalue weighted by Gasteiger charge is 2.26. The molecule has 0 aliphatic rings. The molecule has 0 rings (SSSR count). The lowest BCUT2D eigenvalue weighted by molar-refractivity contribution is -0.154. The highest BCUT2D eigenvalue weighted by atomic mass is 31.2. The van der Waals surface area contributed by atoms with Gasteiger partial charge in [-0.1, -0.05) is 119 Å². The number of aliphatic hydroxyl groups excluding tert-OH is 2. The Balaban J connectivity index is 4.33. The standard InChI is InChI=1S/C40H69O9P/c1-3-5-7-9-11-13-15-17-19-20-22-24-26-28-30-32-40(43)49-39(37-48-50(44,45)47-35-38(42)34-41)36-46-33-31-29-27-25-23-21-18-16-14-12-10-8-6-4-2/h5-8,11-14,17-19,21,38-39,41-42H,3-4,9-10,15-16,20,22-37H2,1-2H3,(H,44,45)/b7-5-,8-6-,13-11-,14-12-,19-17-,21-18-. The van der Waals surface area contributed by atoms with E-state index in [-0.39, 0.29) is 13.0 Å². The summed E-state index contributed by atoms with van der Waals surface area (Å²) in [5, 5.41) is 18.3. The van der Waals surface area contributed by atoms with Crippen molar-refractivity contribution in [2.24, 2.45) is 0 Å². The fourth-order valence-corrected chi connectivity index (χ4v) is 5.35. The predicted octanol–water partition coefficient (Wildman–Crippen LogP) is 9.80. The Morgan fingerprint density at radius 2 is 1.08 bits per heavy atom. The maximum absolute atomic E-state index is 12.6. The van der Waals surface area contributed by atoms with Gasteiger partial charge in [-0.15, -0.1) is 0 Å². The van der Waals surface area contributed by atoms with Gasteiger partial charge in [0, 0.05) is 13.0 Å². The summed E-state index contributed by atoms with van der Waals surface area (Å²) in [6.07, 6.45) is 41.5. The number of aliphatic hydroxyl groups is 2. The molecule has 0 aliphatic carbocycles. The van der Waals surface area contributed by atoms with Gasteiger partial charge in [-0.25, -0.2) is 4.57 Å². The number of esters is 1. The number of carbonyl (C=O) groups is 1. The minimum absolute atomic E-state index is 0.0225. The van der Waals surface area contributed by atoms with Crippen LogP contribution in [0.5, 0.6) is 0 Å². The van der Waals surface area contributed by atoms with Gasteiger partial charge in [0.2, 0.25) is 0 Å². The molecule has 0 heterocycles. The van der Waals surface area contributed by atoms with Gasteiger partial charge in [-0.3, -0.25) is 13.8 Å². The Morgan fingerprint density at radius 1 is 0.620 bits per heavy atom. The minimum Gasteiger partial charge on any atom is -0.457 e. The molecule has 50 heavy (non-hydrogen) atoms. The second-order valence-corrected chi connectivity index (χ2v) is 13.6. The number of rotatable bonds is 35. The number of allylic oxidation sites excluding steroid dienone is 12. The van der Waals surface area contributed by atoms with Crippen LogP contribution in [-0.4, -0.2) is 66.3 Å². The smallest absolute Gasteiger partial charge is 0.457 e. The van der Waals surface area contributed by atoms with E-state index in [1.54, 1.807) is 0 Å². The molecule has 3 unspecified atom stereocenters. The molecule has 10 heteroatoms. The first kappa shape index (κ1) is 47.9. The lowest BCUT2D eigenvalue weighted by atomic mass is 10.1. The molecule has 0 saturated carbocycles. The Hall–Kier alpha value is -2.10. The summed E-state index contributed by atoms with van der Waals surface area (Å²) in [6.45, 7) is 3.18. The first-order valence-corrected chi connectivity index (χ1v) is 20.4. The molecule has 0 bridgehead atoms. The summed E-state index contributed by atoms with van der Waals surface area (Å²) in [5.74, 6) is -0.412. The lowest BCUT2D eigenvalue weighted by Crippen LogP contribution is -2.29. The van der Waals surface area contributed by atoms with E-state index in [2.05, 4.69) is 86.8 Å². The van der Waals surface area contributed by atoms with Crippen LogP contribution in [0.3, 0.4) is 0 Å². The van der Waals surface area contributed by atoms with Crippen LogP contribution >= 0.6 is 7.82 Å². The van der Waals surface area contributed by atoms with Gasteiger partial charge in [-0.2, -0.15) is 0 Å². The van der Waals surface area contributed by atoms with Crippen molar-refractivity contribution in [1.82, 2.24) is 0 Å². The van der Waals surface area contributed by atoms with Gasteiger partial charge < -0.3 is 24.6 Å². The summed E-state index contributed by atoms with van der Waals surface area (Å²) in [4.78, 5) is 22.5. The summed E-state index contributed by atoms with van der Waals surface area (Å²) in [6, 6.07) is 0. The zero-order valence-corrected chi connectivity index (χ0v) is 32.0. The van der Waals surface area contributed by atoms with Gasteiger partial charge in [0.15, 0.2) is 0 Å². The molecule has 0 aromatic heterocycles. The van der Waals surface area contributed by atoms with Crippen LogP contribution in [0.15, 0.2) is 72.9 Å². The number of hydrogen-bond donors (Lipinski definition) is 3. The molecule has 0 amide bonds. The monoisotopic (exact) mass is 724 g/mol. The van der Waals surface area contributed by atoms with Crippen molar-refractivity contribution in [3.05, 3.63) is 72.9 Å². The zero-order valence-electron chi connectivity index (χ0n) is 31.1. The van der Waals surface area contributed by atoms with E-state index in [9.17, 15) is 19.4 Å². The summed E-state index contributed by atoms with van der Waals surface area (Å²) >= 11 is 0. The van der Waals surface area contributed by atoms with Crippen molar-refractivity contribution < 1.29 is 43.0 Å². The molecule has 0 radical (unpaired) electrons. The van der Waals surface area contributed by atoms with Gasteiger partial charge in [0.05, 0.1) is 26.4 Å². The number of phosphoric acid groups is 1. The first-order valence-electron chi connectivity index (χ1n) is 18.9. The van der Waals surface area contributed by atoms with E-state index in [1.165, 1.54) is 0 Å². The van der Waals surface area contributed by atoms with Crippen LogP contribution in [0.1, 0.15) is 129 Å². The third kappa shape index (κ3) is 35.7. The van der Waals surface area contributed by atoms with Crippen LogP contribution in [0.2, 0.25) is 0 Å². The fourth-order valence-electron chi connectivity index (χ4n) is 4.56. The van der Waals surface area contributed by atoms with Crippen LogP contribution in [0.25, 0.3) is 0 Å².